The predicted molar refractivity (Wildman–Crippen MR) is 68.5 cm³/mol. The third-order valence-corrected chi connectivity index (χ3v) is 3.59. The van der Waals surface area contributed by atoms with Crippen LogP contribution >= 0.6 is 15.9 Å². The summed E-state index contributed by atoms with van der Waals surface area (Å²) in [4.78, 5) is 11.2. The minimum Gasteiger partial charge on any atom is -0.461 e. The zero-order valence-corrected chi connectivity index (χ0v) is 10.9. The van der Waals surface area contributed by atoms with Crippen LogP contribution < -0.4 is 0 Å². The Morgan fingerprint density at radius 1 is 1.06 bits per heavy atom. The summed E-state index contributed by atoms with van der Waals surface area (Å²) in [5.74, 6) is 1.54. The fraction of sp³-hybridized carbons (Fsp3) is 0.154. The molecule has 0 bridgehead atoms. The van der Waals surface area contributed by atoms with Crippen LogP contribution in [0, 0.1) is 13.8 Å². The quantitative estimate of drug-likeness (QED) is 0.626. The van der Waals surface area contributed by atoms with E-state index in [1.165, 1.54) is 0 Å². The van der Waals surface area contributed by atoms with Crippen molar-refractivity contribution in [3.05, 3.63) is 33.7 Å². The molecular formula is C13H9BrO3. The molecular weight excluding hydrogens is 284 g/mol. The van der Waals surface area contributed by atoms with Crippen LogP contribution in [0.2, 0.25) is 0 Å². The Morgan fingerprint density at radius 3 is 2.29 bits per heavy atom. The molecule has 0 N–H and O–H groups in total. The Hall–Kier alpha value is -1.55. The normalized spacial score (nSPS) is 11.5. The van der Waals surface area contributed by atoms with Gasteiger partial charge in [0, 0.05) is 10.8 Å². The van der Waals surface area contributed by atoms with Gasteiger partial charge in [0.05, 0.1) is 10.0 Å². The van der Waals surface area contributed by atoms with Crippen molar-refractivity contribution in [2.45, 2.75) is 13.8 Å². The van der Waals surface area contributed by atoms with Gasteiger partial charge in [-0.25, -0.2) is 0 Å². The Balaban J connectivity index is 2.65. The Morgan fingerprint density at radius 2 is 1.65 bits per heavy atom. The van der Waals surface area contributed by atoms with E-state index in [1.54, 1.807) is 0 Å². The highest BCUT2D eigenvalue weighted by Gasteiger charge is 2.18. The number of carbonyl (C=O) groups is 1. The highest BCUT2D eigenvalue weighted by Crippen LogP contribution is 2.38. The first-order valence-corrected chi connectivity index (χ1v) is 5.98. The summed E-state index contributed by atoms with van der Waals surface area (Å²) in [7, 11) is 0. The summed E-state index contributed by atoms with van der Waals surface area (Å²) in [6.45, 7) is 3.71. The third-order valence-electron chi connectivity index (χ3n) is 2.80. The molecule has 2 aromatic heterocycles. The number of rotatable bonds is 1. The van der Waals surface area contributed by atoms with E-state index in [4.69, 9.17) is 8.83 Å². The molecule has 0 amide bonds. The minimum atomic E-state index is 0.545. The van der Waals surface area contributed by atoms with Crippen LogP contribution in [0.5, 0.6) is 0 Å². The molecule has 0 atom stereocenters. The second kappa shape index (κ2) is 3.47. The average molecular weight is 293 g/mol. The summed E-state index contributed by atoms with van der Waals surface area (Å²) in [6.07, 6.45) is 0.814. The minimum absolute atomic E-state index is 0.545. The van der Waals surface area contributed by atoms with Crippen LogP contribution in [-0.2, 0) is 0 Å². The Kier molecular flexibility index (Phi) is 2.16. The Bertz CT molecular complexity index is 691. The van der Waals surface area contributed by atoms with Crippen molar-refractivity contribution in [1.82, 2.24) is 0 Å². The van der Waals surface area contributed by atoms with Crippen molar-refractivity contribution >= 4 is 44.2 Å². The predicted octanol–water partition coefficient (Wildman–Crippen LogP) is 4.37. The van der Waals surface area contributed by atoms with Crippen LogP contribution in [0.4, 0.5) is 0 Å². The van der Waals surface area contributed by atoms with Gasteiger partial charge in [-0.05, 0) is 41.9 Å². The molecule has 0 saturated carbocycles. The molecule has 0 aliphatic rings. The first kappa shape index (κ1) is 10.6. The van der Waals surface area contributed by atoms with Crippen LogP contribution in [0.3, 0.4) is 0 Å². The molecule has 3 aromatic rings. The van der Waals surface area contributed by atoms with Crippen LogP contribution in [0.1, 0.15) is 21.9 Å². The van der Waals surface area contributed by atoms with E-state index in [0.717, 1.165) is 33.1 Å². The van der Waals surface area contributed by atoms with Crippen molar-refractivity contribution in [3.8, 4) is 0 Å². The maximum absolute atomic E-state index is 11.2. The second-order valence-electron chi connectivity index (χ2n) is 4.05. The van der Waals surface area contributed by atoms with E-state index in [0.29, 0.717) is 16.7 Å². The monoisotopic (exact) mass is 292 g/mol. The molecule has 0 spiro atoms. The molecule has 0 aliphatic heterocycles. The summed E-state index contributed by atoms with van der Waals surface area (Å²) >= 11 is 3.50. The SMILES string of the molecule is Cc1cc2c(C=O)c3oc(C)cc3c(Br)c2o1. The number of hydrogen-bond acceptors (Lipinski definition) is 3. The molecule has 0 fully saturated rings. The van der Waals surface area contributed by atoms with Gasteiger partial charge in [-0.3, -0.25) is 4.79 Å². The molecule has 0 aliphatic carbocycles. The Labute approximate surface area is 106 Å². The molecule has 2 heterocycles. The van der Waals surface area contributed by atoms with E-state index < -0.39 is 0 Å². The molecule has 3 rings (SSSR count). The number of halogens is 1. The van der Waals surface area contributed by atoms with E-state index >= 15 is 0 Å². The third kappa shape index (κ3) is 1.37. The number of benzene rings is 1. The van der Waals surface area contributed by atoms with E-state index in [-0.39, 0.29) is 0 Å². The van der Waals surface area contributed by atoms with Gasteiger partial charge in [0.15, 0.2) is 6.29 Å². The summed E-state index contributed by atoms with van der Waals surface area (Å²) < 4.78 is 12.0. The largest absolute Gasteiger partial charge is 0.461 e. The van der Waals surface area contributed by atoms with Crippen molar-refractivity contribution < 1.29 is 13.6 Å². The highest BCUT2D eigenvalue weighted by atomic mass is 79.9. The summed E-state index contributed by atoms with van der Waals surface area (Å²) in [5, 5.41) is 1.65. The van der Waals surface area contributed by atoms with E-state index in [1.807, 2.05) is 26.0 Å². The van der Waals surface area contributed by atoms with Gasteiger partial charge in [0.25, 0.3) is 0 Å². The van der Waals surface area contributed by atoms with Gasteiger partial charge in [-0.2, -0.15) is 0 Å². The van der Waals surface area contributed by atoms with Gasteiger partial charge >= 0.3 is 0 Å². The molecule has 3 nitrogen and oxygen atoms in total. The van der Waals surface area contributed by atoms with Crippen molar-refractivity contribution in [3.63, 3.8) is 0 Å². The van der Waals surface area contributed by atoms with Crippen LogP contribution in [0.15, 0.2) is 25.4 Å². The molecule has 0 unspecified atom stereocenters. The lowest BCUT2D eigenvalue weighted by molar-refractivity contribution is 0.112. The number of aryl methyl sites for hydroxylation is 2. The maximum atomic E-state index is 11.2. The molecule has 86 valence electrons. The van der Waals surface area contributed by atoms with Crippen molar-refractivity contribution in [1.29, 1.82) is 0 Å². The van der Waals surface area contributed by atoms with Crippen LogP contribution in [0.25, 0.3) is 21.9 Å². The number of aldehydes is 1. The van der Waals surface area contributed by atoms with E-state index in [2.05, 4.69) is 15.9 Å². The first-order chi connectivity index (χ1) is 8.11. The second-order valence-corrected chi connectivity index (χ2v) is 4.84. The van der Waals surface area contributed by atoms with Gasteiger partial charge < -0.3 is 8.83 Å². The smallest absolute Gasteiger partial charge is 0.154 e. The van der Waals surface area contributed by atoms with Crippen LogP contribution in [-0.4, -0.2) is 6.29 Å². The van der Waals surface area contributed by atoms with Gasteiger partial charge in [-0.15, -0.1) is 0 Å². The lowest BCUT2D eigenvalue weighted by atomic mass is 10.1. The van der Waals surface area contributed by atoms with E-state index in [9.17, 15) is 4.79 Å². The summed E-state index contributed by atoms with van der Waals surface area (Å²) in [5.41, 5.74) is 1.85. The fourth-order valence-electron chi connectivity index (χ4n) is 2.12. The zero-order valence-electron chi connectivity index (χ0n) is 9.33. The zero-order chi connectivity index (χ0) is 12.2. The highest BCUT2D eigenvalue weighted by molar-refractivity contribution is 9.10. The average Bonchev–Trinajstić information content (AvgIpc) is 2.83. The van der Waals surface area contributed by atoms with Crippen molar-refractivity contribution in [2.24, 2.45) is 0 Å². The number of carbonyl (C=O) groups excluding carboxylic acids is 1. The van der Waals surface area contributed by atoms with Gasteiger partial charge in [-0.1, -0.05) is 0 Å². The van der Waals surface area contributed by atoms with Gasteiger partial charge in [0.2, 0.25) is 0 Å². The molecule has 0 saturated heterocycles. The molecule has 0 radical (unpaired) electrons. The lowest BCUT2D eigenvalue weighted by Crippen LogP contribution is -1.83. The standard InChI is InChI=1S/C13H9BrO3/c1-6-3-8-10(5-15)12-9(4-7(2)16-12)11(14)13(8)17-6/h3-5H,1-2H3. The molecule has 17 heavy (non-hydrogen) atoms. The lowest BCUT2D eigenvalue weighted by Gasteiger charge is -1.99. The number of hydrogen-bond donors (Lipinski definition) is 0. The first-order valence-electron chi connectivity index (χ1n) is 5.18. The number of fused-ring (bicyclic) bond motifs is 2. The molecule has 1 aromatic carbocycles. The topological polar surface area (TPSA) is 43.4 Å². The summed E-state index contributed by atoms with van der Waals surface area (Å²) in [6, 6.07) is 3.74. The fourth-order valence-corrected chi connectivity index (χ4v) is 2.71. The van der Waals surface area contributed by atoms with Gasteiger partial charge in [0.1, 0.15) is 22.7 Å². The number of furan rings is 2. The molecule has 4 heteroatoms. The maximum Gasteiger partial charge on any atom is 0.154 e. The van der Waals surface area contributed by atoms with Crippen molar-refractivity contribution in [2.75, 3.05) is 0 Å².